The van der Waals surface area contributed by atoms with Crippen molar-refractivity contribution in [1.29, 1.82) is 0 Å². The summed E-state index contributed by atoms with van der Waals surface area (Å²) in [6.45, 7) is 0. The number of hydrogen-bond donors (Lipinski definition) is 2. The highest BCUT2D eigenvalue weighted by atomic mass is 19.1. The molecule has 0 saturated heterocycles. The molecule has 0 atom stereocenters. The lowest BCUT2D eigenvalue weighted by atomic mass is 10.1. The fourth-order valence-corrected chi connectivity index (χ4v) is 1.47. The minimum Gasteiger partial charge on any atom is -0.508 e. The van der Waals surface area contributed by atoms with Gasteiger partial charge in [0.25, 0.3) is 0 Å². The van der Waals surface area contributed by atoms with Gasteiger partial charge < -0.3 is 10.2 Å². The number of phenols is 2. The lowest BCUT2D eigenvalue weighted by Crippen LogP contribution is -1.77. The van der Waals surface area contributed by atoms with E-state index >= 15 is 0 Å². The SMILES string of the molecule is Oc1ccc(/C=C/c2cc(O)cc(F)c2)cc1. The number of hydrogen-bond acceptors (Lipinski definition) is 2. The van der Waals surface area contributed by atoms with Gasteiger partial charge in [-0.05, 0) is 35.4 Å². The first-order chi connectivity index (χ1) is 8.13. The Hall–Kier alpha value is -2.29. The summed E-state index contributed by atoms with van der Waals surface area (Å²) < 4.78 is 13.0. The summed E-state index contributed by atoms with van der Waals surface area (Å²) in [5.74, 6) is -0.378. The zero-order chi connectivity index (χ0) is 12.3. The van der Waals surface area contributed by atoms with Gasteiger partial charge in [0.15, 0.2) is 0 Å². The van der Waals surface area contributed by atoms with Crippen molar-refractivity contribution in [3.8, 4) is 11.5 Å². The Labute approximate surface area is 98.3 Å². The van der Waals surface area contributed by atoms with Gasteiger partial charge in [0.05, 0.1) is 0 Å². The quantitative estimate of drug-likeness (QED) is 0.776. The fourth-order valence-electron chi connectivity index (χ4n) is 1.47. The van der Waals surface area contributed by atoms with Crippen LogP contribution in [0, 0.1) is 5.82 Å². The van der Waals surface area contributed by atoms with Gasteiger partial charge >= 0.3 is 0 Å². The third kappa shape index (κ3) is 3.08. The molecule has 0 saturated carbocycles. The Morgan fingerprint density at radius 1 is 0.765 bits per heavy atom. The van der Waals surface area contributed by atoms with Crippen LogP contribution in [0.2, 0.25) is 0 Å². The summed E-state index contributed by atoms with van der Waals surface area (Å²) in [4.78, 5) is 0. The molecule has 2 nitrogen and oxygen atoms in total. The molecule has 2 aromatic rings. The largest absolute Gasteiger partial charge is 0.508 e. The highest BCUT2D eigenvalue weighted by Crippen LogP contribution is 2.17. The Morgan fingerprint density at radius 3 is 2.06 bits per heavy atom. The highest BCUT2D eigenvalue weighted by Gasteiger charge is 1.96. The maximum Gasteiger partial charge on any atom is 0.127 e. The molecule has 0 aliphatic heterocycles. The minimum atomic E-state index is -0.477. The predicted molar refractivity (Wildman–Crippen MR) is 65.1 cm³/mol. The second kappa shape index (κ2) is 4.70. The third-order valence-electron chi connectivity index (χ3n) is 2.27. The first-order valence-corrected chi connectivity index (χ1v) is 5.10. The average Bonchev–Trinajstić information content (AvgIpc) is 2.27. The third-order valence-corrected chi connectivity index (χ3v) is 2.27. The van der Waals surface area contributed by atoms with E-state index in [-0.39, 0.29) is 11.5 Å². The molecule has 86 valence electrons. The van der Waals surface area contributed by atoms with E-state index in [0.29, 0.717) is 5.56 Å². The van der Waals surface area contributed by atoms with Crippen LogP contribution in [0.4, 0.5) is 4.39 Å². The number of phenolic OH excluding ortho intramolecular Hbond substituents is 2. The van der Waals surface area contributed by atoms with Crippen molar-refractivity contribution in [3.63, 3.8) is 0 Å². The zero-order valence-electron chi connectivity index (χ0n) is 8.97. The Balaban J connectivity index is 2.22. The molecular weight excluding hydrogens is 219 g/mol. The lowest BCUT2D eigenvalue weighted by molar-refractivity contribution is 0.469. The maximum atomic E-state index is 13.0. The Bertz CT molecular complexity index is 524. The molecule has 2 rings (SSSR count). The van der Waals surface area contributed by atoms with Gasteiger partial charge in [-0.25, -0.2) is 4.39 Å². The van der Waals surface area contributed by atoms with Gasteiger partial charge in [0, 0.05) is 6.07 Å². The standard InChI is InChI=1S/C14H11FO2/c15-12-7-11(8-14(17)9-12)2-1-10-3-5-13(16)6-4-10/h1-9,16-17H/b2-1+. The Kier molecular flexibility index (Phi) is 3.10. The summed E-state index contributed by atoms with van der Waals surface area (Å²) in [6.07, 6.45) is 3.46. The monoisotopic (exact) mass is 230 g/mol. The molecule has 0 amide bonds. The number of aromatic hydroxyl groups is 2. The molecule has 3 heteroatoms. The normalized spacial score (nSPS) is 10.9. The average molecular weight is 230 g/mol. The molecule has 17 heavy (non-hydrogen) atoms. The molecule has 0 unspecified atom stereocenters. The minimum absolute atomic E-state index is 0.102. The smallest absolute Gasteiger partial charge is 0.127 e. The van der Waals surface area contributed by atoms with Gasteiger partial charge in [-0.15, -0.1) is 0 Å². The van der Waals surface area contributed by atoms with E-state index in [1.54, 1.807) is 36.4 Å². The van der Waals surface area contributed by atoms with Crippen LogP contribution in [0.1, 0.15) is 11.1 Å². The first-order valence-electron chi connectivity index (χ1n) is 5.10. The molecular formula is C14H11FO2. The second-order valence-electron chi connectivity index (χ2n) is 3.67. The lowest BCUT2D eigenvalue weighted by Gasteiger charge is -1.97. The van der Waals surface area contributed by atoms with E-state index in [0.717, 1.165) is 11.6 Å². The van der Waals surface area contributed by atoms with E-state index in [1.165, 1.54) is 12.1 Å². The second-order valence-corrected chi connectivity index (χ2v) is 3.67. The van der Waals surface area contributed by atoms with Gasteiger partial charge in [-0.3, -0.25) is 0 Å². The molecule has 0 spiro atoms. The molecule has 0 aliphatic rings. The summed E-state index contributed by atoms with van der Waals surface area (Å²) >= 11 is 0. The van der Waals surface area contributed by atoms with Gasteiger partial charge in [0.1, 0.15) is 17.3 Å². The zero-order valence-corrected chi connectivity index (χ0v) is 8.97. The fraction of sp³-hybridized carbons (Fsp3) is 0. The van der Waals surface area contributed by atoms with Crippen molar-refractivity contribution >= 4 is 12.2 Å². The van der Waals surface area contributed by atoms with Crippen LogP contribution < -0.4 is 0 Å². The topological polar surface area (TPSA) is 40.5 Å². The van der Waals surface area contributed by atoms with E-state index in [9.17, 15) is 9.50 Å². The van der Waals surface area contributed by atoms with Crippen molar-refractivity contribution in [3.05, 3.63) is 59.4 Å². The van der Waals surface area contributed by atoms with Crippen LogP contribution in [0.3, 0.4) is 0 Å². The van der Waals surface area contributed by atoms with Crippen LogP contribution in [-0.2, 0) is 0 Å². The van der Waals surface area contributed by atoms with Crippen molar-refractivity contribution < 1.29 is 14.6 Å². The van der Waals surface area contributed by atoms with Crippen molar-refractivity contribution in [2.24, 2.45) is 0 Å². The van der Waals surface area contributed by atoms with E-state index in [1.807, 2.05) is 0 Å². The molecule has 0 aliphatic carbocycles. The Morgan fingerprint density at radius 2 is 1.41 bits per heavy atom. The molecule has 0 aromatic heterocycles. The van der Waals surface area contributed by atoms with Crippen LogP contribution in [-0.4, -0.2) is 10.2 Å². The summed E-state index contributed by atoms with van der Waals surface area (Å²) in [5, 5.41) is 18.3. The van der Waals surface area contributed by atoms with Crippen molar-refractivity contribution in [1.82, 2.24) is 0 Å². The molecule has 2 aromatic carbocycles. The van der Waals surface area contributed by atoms with Crippen LogP contribution in [0.15, 0.2) is 42.5 Å². The van der Waals surface area contributed by atoms with Gasteiger partial charge in [-0.2, -0.15) is 0 Å². The van der Waals surface area contributed by atoms with E-state index in [4.69, 9.17) is 5.11 Å². The van der Waals surface area contributed by atoms with Crippen LogP contribution in [0.5, 0.6) is 11.5 Å². The molecule has 0 heterocycles. The van der Waals surface area contributed by atoms with Crippen LogP contribution >= 0.6 is 0 Å². The van der Waals surface area contributed by atoms with Crippen molar-refractivity contribution in [2.45, 2.75) is 0 Å². The molecule has 0 fully saturated rings. The number of halogens is 1. The summed E-state index contributed by atoms with van der Waals surface area (Å²) in [6, 6.07) is 10.5. The maximum absolute atomic E-state index is 13.0. The van der Waals surface area contributed by atoms with Gasteiger partial charge in [-0.1, -0.05) is 24.3 Å². The molecule has 0 bridgehead atoms. The molecule has 2 N–H and O–H groups in total. The summed E-state index contributed by atoms with van der Waals surface area (Å²) in [5.41, 5.74) is 1.46. The number of rotatable bonds is 2. The predicted octanol–water partition coefficient (Wildman–Crippen LogP) is 3.41. The molecule has 0 radical (unpaired) electrons. The van der Waals surface area contributed by atoms with Crippen LogP contribution in [0.25, 0.3) is 12.2 Å². The highest BCUT2D eigenvalue weighted by molar-refractivity contribution is 5.70. The van der Waals surface area contributed by atoms with E-state index < -0.39 is 5.82 Å². The van der Waals surface area contributed by atoms with Crippen molar-refractivity contribution in [2.75, 3.05) is 0 Å². The van der Waals surface area contributed by atoms with Gasteiger partial charge in [0.2, 0.25) is 0 Å². The summed E-state index contributed by atoms with van der Waals surface area (Å²) in [7, 11) is 0. The van der Waals surface area contributed by atoms with E-state index in [2.05, 4.69) is 0 Å². The first kappa shape index (κ1) is 11.2. The number of benzene rings is 2.